The largest absolute Gasteiger partial charge is 0.486 e. The van der Waals surface area contributed by atoms with Gasteiger partial charge in [0.15, 0.2) is 10.9 Å². The number of ether oxygens (including phenoxy) is 1. The minimum atomic E-state index is -0.344. The average Bonchev–Trinajstić information content (AvgIpc) is 3.09. The van der Waals surface area contributed by atoms with E-state index in [-0.39, 0.29) is 18.3 Å². The molecule has 180 valence electrons. The minimum Gasteiger partial charge on any atom is -0.486 e. The summed E-state index contributed by atoms with van der Waals surface area (Å²) < 4.78 is 19.7. The number of hydrogen-bond donors (Lipinski definition) is 0. The fourth-order valence-corrected chi connectivity index (χ4v) is 5.75. The van der Waals surface area contributed by atoms with Crippen LogP contribution in [0.2, 0.25) is 15.1 Å². The van der Waals surface area contributed by atoms with Crippen molar-refractivity contribution in [3.05, 3.63) is 96.0 Å². The molecule has 35 heavy (non-hydrogen) atoms. The van der Waals surface area contributed by atoms with Crippen molar-refractivity contribution in [2.75, 3.05) is 6.54 Å². The lowest BCUT2D eigenvalue weighted by molar-refractivity contribution is -0.122. The zero-order chi connectivity index (χ0) is 25.1. The van der Waals surface area contributed by atoms with Gasteiger partial charge in [0.05, 0.1) is 20.1 Å². The molecular formula is C25H17BrCl3FN2O2S. The summed E-state index contributed by atoms with van der Waals surface area (Å²) in [6.07, 6.45) is 1.75. The van der Waals surface area contributed by atoms with E-state index in [1.807, 2.05) is 13.0 Å². The van der Waals surface area contributed by atoms with Gasteiger partial charge in [-0.2, -0.15) is 0 Å². The van der Waals surface area contributed by atoms with Gasteiger partial charge in [-0.05, 0) is 94.8 Å². The SMILES string of the molecule is CCN1C(=O)/C(=C\c2cc(Cl)c(OCc3ccc(Cl)cc3Cl)c(Br)c2)SC1=Nc1ccc(F)cc1. The second-order valence-corrected chi connectivity index (χ2v) is 10.5. The summed E-state index contributed by atoms with van der Waals surface area (Å²) in [6, 6.07) is 14.5. The molecule has 0 bridgehead atoms. The highest BCUT2D eigenvalue weighted by Gasteiger charge is 2.32. The van der Waals surface area contributed by atoms with Crippen molar-refractivity contribution in [1.82, 2.24) is 4.90 Å². The van der Waals surface area contributed by atoms with Gasteiger partial charge in [0.1, 0.15) is 12.4 Å². The van der Waals surface area contributed by atoms with Crippen LogP contribution in [0.5, 0.6) is 5.75 Å². The van der Waals surface area contributed by atoms with Crippen LogP contribution >= 0.6 is 62.5 Å². The number of benzene rings is 3. The van der Waals surface area contributed by atoms with E-state index in [1.54, 1.807) is 47.4 Å². The number of thioether (sulfide) groups is 1. The van der Waals surface area contributed by atoms with Crippen LogP contribution in [0.25, 0.3) is 6.08 Å². The van der Waals surface area contributed by atoms with Gasteiger partial charge in [-0.1, -0.05) is 40.9 Å². The maximum atomic E-state index is 13.2. The van der Waals surface area contributed by atoms with Crippen molar-refractivity contribution in [2.24, 2.45) is 4.99 Å². The van der Waals surface area contributed by atoms with Gasteiger partial charge in [-0.25, -0.2) is 9.38 Å². The Labute approximate surface area is 229 Å². The molecule has 1 saturated heterocycles. The lowest BCUT2D eigenvalue weighted by Crippen LogP contribution is -2.28. The van der Waals surface area contributed by atoms with Gasteiger partial charge in [-0.3, -0.25) is 9.69 Å². The standard InChI is InChI=1S/C25H17BrCl3FN2O2S/c1-2-32-24(33)22(35-25(32)31-18-7-5-17(30)6-8-18)11-14-9-19(26)23(21(29)10-14)34-13-15-3-4-16(27)12-20(15)28/h3-12H,2,13H2,1H3/b22-11+,31-25?. The van der Waals surface area contributed by atoms with E-state index in [0.29, 0.717) is 53.2 Å². The fraction of sp³-hybridized carbons (Fsp3) is 0.120. The topological polar surface area (TPSA) is 41.9 Å². The van der Waals surface area contributed by atoms with E-state index in [1.165, 1.54) is 23.9 Å². The highest BCUT2D eigenvalue weighted by atomic mass is 79.9. The number of carbonyl (C=O) groups is 1. The number of carbonyl (C=O) groups excluding carboxylic acids is 1. The molecule has 0 aromatic heterocycles. The molecule has 3 aromatic carbocycles. The van der Waals surface area contributed by atoms with E-state index in [2.05, 4.69) is 20.9 Å². The predicted octanol–water partition coefficient (Wildman–Crippen LogP) is 8.75. The normalized spacial score (nSPS) is 15.9. The lowest BCUT2D eigenvalue weighted by Gasteiger charge is -2.12. The minimum absolute atomic E-state index is 0.164. The third-order valence-electron chi connectivity index (χ3n) is 4.96. The van der Waals surface area contributed by atoms with Crippen LogP contribution in [0.1, 0.15) is 18.1 Å². The Hall–Kier alpha value is -2.03. The first kappa shape index (κ1) is 26.0. The molecule has 1 amide bonds. The van der Waals surface area contributed by atoms with Crippen LogP contribution in [0.15, 0.2) is 69.0 Å². The summed E-state index contributed by atoms with van der Waals surface area (Å²) in [5, 5.41) is 1.95. The first-order valence-corrected chi connectivity index (χ1v) is 13.1. The molecule has 10 heteroatoms. The number of amidine groups is 1. The lowest BCUT2D eigenvalue weighted by atomic mass is 10.2. The first-order valence-electron chi connectivity index (χ1n) is 10.4. The summed E-state index contributed by atoms with van der Waals surface area (Å²) in [4.78, 5) is 19.5. The Morgan fingerprint density at radius 1 is 1.09 bits per heavy atom. The van der Waals surface area contributed by atoms with E-state index < -0.39 is 0 Å². The number of rotatable bonds is 6. The molecule has 4 nitrogen and oxygen atoms in total. The van der Waals surface area contributed by atoms with Crippen molar-refractivity contribution in [2.45, 2.75) is 13.5 Å². The van der Waals surface area contributed by atoms with Gasteiger partial charge in [0.25, 0.3) is 5.91 Å². The predicted molar refractivity (Wildman–Crippen MR) is 146 cm³/mol. The Bertz CT molecular complexity index is 1330. The second-order valence-electron chi connectivity index (χ2n) is 7.37. The third kappa shape index (κ3) is 6.22. The molecule has 1 aliphatic rings. The molecule has 3 aromatic rings. The average molecular weight is 615 g/mol. The van der Waals surface area contributed by atoms with Crippen molar-refractivity contribution >= 4 is 85.3 Å². The Morgan fingerprint density at radius 3 is 2.49 bits per heavy atom. The maximum absolute atomic E-state index is 13.2. The summed E-state index contributed by atoms with van der Waals surface area (Å²) >= 11 is 23.4. The number of amides is 1. The molecule has 0 spiro atoms. The van der Waals surface area contributed by atoms with Gasteiger partial charge >= 0.3 is 0 Å². The van der Waals surface area contributed by atoms with E-state index in [4.69, 9.17) is 39.5 Å². The van der Waals surface area contributed by atoms with Crippen molar-refractivity contribution in [1.29, 1.82) is 0 Å². The summed E-state index contributed by atoms with van der Waals surface area (Å²) in [7, 11) is 0. The van der Waals surface area contributed by atoms with E-state index in [0.717, 1.165) is 5.56 Å². The summed E-state index contributed by atoms with van der Waals surface area (Å²) in [5.41, 5.74) is 2.05. The zero-order valence-corrected chi connectivity index (χ0v) is 22.9. The number of nitrogens with zero attached hydrogens (tertiary/aromatic N) is 2. The number of halogens is 5. The van der Waals surface area contributed by atoms with Crippen LogP contribution in [0.4, 0.5) is 10.1 Å². The molecule has 1 fully saturated rings. The monoisotopic (exact) mass is 612 g/mol. The quantitative estimate of drug-likeness (QED) is 0.261. The Morgan fingerprint density at radius 2 is 1.83 bits per heavy atom. The number of aliphatic imine (C=N–C) groups is 1. The van der Waals surface area contributed by atoms with E-state index >= 15 is 0 Å². The fourth-order valence-electron chi connectivity index (χ4n) is 3.24. The molecule has 1 aliphatic heterocycles. The second kappa shape index (κ2) is 11.4. The van der Waals surface area contributed by atoms with Gasteiger partial charge in [0.2, 0.25) is 0 Å². The first-order chi connectivity index (χ1) is 16.7. The molecule has 0 atom stereocenters. The Kier molecular flexibility index (Phi) is 8.45. The van der Waals surface area contributed by atoms with Crippen LogP contribution in [0, 0.1) is 5.82 Å². The van der Waals surface area contributed by atoms with Crippen LogP contribution in [-0.4, -0.2) is 22.5 Å². The van der Waals surface area contributed by atoms with Gasteiger partial charge in [0, 0.05) is 22.2 Å². The third-order valence-corrected chi connectivity index (χ3v) is 7.42. The maximum Gasteiger partial charge on any atom is 0.266 e. The van der Waals surface area contributed by atoms with Gasteiger partial charge in [-0.15, -0.1) is 0 Å². The number of likely N-dealkylation sites (N-methyl/N-ethyl adjacent to an activating group) is 1. The summed E-state index contributed by atoms with van der Waals surface area (Å²) in [6.45, 7) is 2.53. The highest BCUT2D eigenvalue weighted by Crippen LogP contribution is 2.39. The summed E-state index contributed by atoms with van der Waals surface area (Å²) in [5.74, 6) is -0.0505. The van der Waals surface area contributed by atoms with Crippen LogP contribution < -0.4 is 4.74 Å². The molecule has 0 unspecified atom stereocenters. The Balaban J connectivity index is 1.55. The van der Waals surface area contributed by atoms with Crippen molar-refractivity contribution < 1.29 is 13.9 Å². The smallest absolute Gasteiger partial charge is 0.266 e. The van der Waals surface area contributed by atoms with E-state index in [9.17, 15) is 9.18 Å². The van der Waals surface area contributed by atoms with Crippen LogP contribution in [-0.2, 0) is 11.4 Å². The zero-order valence-electron chi connectivity index (χ0n) is 18.2. The molecular weight excluding hydrogens is 598 g/mol. The molecule has 0 radical (unpaired) electrons. The van der Waals surface area contributed by atoms with Crippen LogP contribution in [0.3, 0.4) is 0 Å². The molecule has 0 N–H and O–H groups in total. The van der Waals surface area contributed by atoms with Gasteiger partial charge < -0.3 is 4.74 Å². The molecule has 0 saturated carbocycles. The molecule has 1 heterocycles. The van der Waals surface area contributed by atoms with Crippen molar-refractivity contribution in [3.63, 3.8) is 0 Å². The number of hydrogen-bond acceptors (Lipinski definition) is 4. The molecule has 0 aliphatic carbocycles. The molecule has 4 rings (SSSR count). The highest BCUT2D eigenvalue weighted by molar-refractivity contribution is 9.10. The van der Waals surface area contributed by atoms with Crippen molar-refractivity contribution in [3.8, 4) is 5.75 Å².